The van der Waals surface area contributed by atoms with Crippen molar-refractivity contribution < 1.29 is 9.18 Å². The Morgan fingerprint density at radius 3 is 2.83 bits per heavy atom. The molecule has 24 heavy (non-hydrogen) atoms. The molecule has 1 heterocycles. The summed E-state index contributed by atoms with van der Waals surface area (Å²) in [6.07, 6.45) is 0. The Morgan fingerprint density at radius 1 is 1.29 bits per heavy atom. The third-order valence-corrected chi connectivity index (χ3v) is 5.04. The predicted octanol–water partition coefficient (Wildman–Crippen LogP) is 4.07. The molecular weight excluding hydrogens is 325 g/mol. The Labute approximate surface area is 143 Å². The Kier molecular flexibility index (Phi) is 4.87. The van der Waals surface area contributed by atoms with Gasteiger partial charge < -0.3 is 5.32 Å². The molecule has 0 spiro atoms. The van der Waals surface area contributed by atoms with Crippen molar-refractivity contribution in [3.63, 3.8) is 0 Å². The minimum absolute atomic E-state index is 0.0145. The Bertz CT molecular complexity index is 831. The number of carbonyl (C=O) groups is 1. The first kappa shape index (κ1) is 16.5. The van der Waals surface area contributed by atoms with Crippen molar-refractivity contribution in [3.8, 4) is 0 Å². The monoisotopic (exact) mass is 343 g/mol. The summed E-state index contributed by atoms with van der Waals surface area (Å²) in [7, 11) is 1.88. The largest absolute Gasteiger partial charge is 0.325 e. The first-order valence-corrected chi connectivity index (χ1v) is 8.46. The molecule has 0 aliphatic heterocycles. The predicted molar refractivity (Wildman–Crippen MR) is 95.7 cm³/mol. The van der Waals surface area contributed by atoms with Gasteiger partial charge >= 0.3 is 0 Å². The van der Waals surface area contributed by atoms with E-state index in [1.165, 1.54) is 12.1 Å². The number of halogens is 1. The molecular formula is C18H18FN3OS. The molecule has 1 N–H and O–H groups in total. The van der Waals surface area contributed by atoms with Crippen LogP contribution in [0.15, 0.2) is 48.5 Å². The van der Waals surface area contributed by atoms with Crippen LogP contribution in [0.5, 0.6) is 0 Å². The van der Waals surface area contributed by atoms with Crippen LogP contribution >= 0.6 is 11.3 Å². The molecule has 3 aromatic rings. The summed E-state index contributed by atoms with van der Waals surface area (Å²) in [5.41, 5.74) is 1.43. The third kappa shape index (κ3) is 3.77. The maximum absolute atomic E-state index is 13.2. The van der Waals surface area contributed by atoms with E-state index in [1.54, 1.807) is 23.5 Å². The molecule has 1 atom stereocenters. The van der Waals surface area contributed by atoms with Gasteiger partial charge in [-0.1, -0.05) is 18.2 Å². The molecule has 4 nitrogen and oxygen atoms in total. The molecule has 0 fully saturated rings. The molecule has 1 unspecified atom stereocenters. The highest BCUT2D eigenvalue weighted by Gasteiger charge is 2.18. The summed E-state index contributed by atoms with van der Waals surface area (Å²) >= 11 is 1.63. The Morgan fingerprint density at radius 2 is 2.08 bits per heavy atom. The summed E-state index contributed by atoms with van der Waals surface area (Å²) in [5, 5.41) is 3.68. The second-order valence-corrected chi connectivity index (χ2v) is 6.73. The molecule has 1 aromatic heterocycles. The fourth-order valence-corrected chi connectivity index (χ4v) is 3.47. The molecule has 3 rings (SSSR count). The smallest absolute Gasteiger partial charge is 0.238 e. The molecule has 6 heteroatoms. The topological polar surface area (TPSA) is 45.2 Å². The van der Waals surface area contributed by atoms with Crippen molar-refractivity contribution in [2.75, 3.05) is 18.9 Å². The normalized spacial score (nSPS) is 12.5. The highest BCUT2D eigenvalue weighted by atomic mass is 32.1. The molecule has 2 aromatic carbocycles. The number of carbonyl (C=O) groups excluding carboxylic acids is 1. The van der Waals surface area contributed by atoms with Gasteiger partial charge in [-0.05, 0) is 44.3 Å². The van der Waals surface area contributed by atoms with E-state index in [1.807, 2.05) is 43.1 Å². The van der Waals surface area contributed by atoms with Gasteiger partial charge in [-0.3, -0.25) is 9.69 Å². The third-order valence-electron chi connectivity index (χ3n) is 3.83. The molecule has 124 valence electrons. The molecule has 1 amide bonds. The number of aromatic nitrogens is 1. The van der Waals surface area contributed by atoms with Crippen LogP contribution in [0.4, 0.5) is 10.1 Å². The van der Waals surface area contributed by atoms with Gasteiger partial charge in [0.15, 0.2) is 0 Å². The van der Waals surface area contributed by atoms with Crippen LogP contribution in [0.1, 0.15) is 18.0 Å². The molecule has 0 bridgehead atoms. The Hall–Kier alpha value is -2.31. The lowest BCUT2D eigenvalue weighted by molar-refractivity contribution is -0.117. The van der Waals surface area contributed by atoms with E-state index in [2.05, 4.69) is 10.3 Å². The fraction of sp³-hybridized carbons (Fsp3) is 0.222. The van der Waals surface area contributed by atoms with E-state index >= 15 is 0 Å². The van der Waals surface area contributed by atoms with Crippen molar-refractivity contribution in [1.29, 1.82) is 0 Å². The number of nitrogens with zero attached hydrogens (tertiary/aromatic N) is 2. The zero-order valence-electron chi connectivity index (χ0n) is 13.5. The van der Waals surface area contributed by atoms with Crippen LogP contribution in [0.25, 0.3) is 10.2 Å². The van der Waals surface area contributed by atoms with Gasteiger partial charge in [-0.15, -0.1) is 11.3 Å². The van der Waals surface area contributed by atoms with Crippen molar-refractivity contribution in [3.05, 3.63) is 59.4 Å². The number of anilines is 1. The molecule has 0 saturated heterocycles. The van der Waals surface area contributed by atoms with E-state index in [4.69, 9.17) is 0 Å². The maximum Gasteiger partial charge on any atom is 0.238 e. The number of likely N-dealkylation sites (N-methyl/N-ethyl adjacent to an activating group) is 1. The van der Waals surface area contributed by atoms with E-state index in [-0.39, 0.29) is 24.3 Å². The highest BCUT2D eigenvalue weighted by Crippen LogP contribution is 2.28. The van der Waals surface area contributed by atoms with Crippen LogP contribution in [0.2, 0.25) is 0 Å². The van der Waals surface area contributed by atoms with E-state index in [9.17, 15) is 9.18 Å². The van der Waals surface area contributed by atoms with E-state index < -0.39 is 0 Å². The lowest BCUT2D eigenvalue weighted by Gasteiger charge is -2.22. The number of rotatable bonds is 5. The van der Waals surface area contributed by atoms with Crippen molar-refractivity contribution in [1.82, 2.24) is 9.88 Å². The van der Waals surface area contributed by atoms with Crippen molar-refractivity contribution in [2.24, 2.45) is 0 Å². The number of hydrogen-bond donors (Lipinski definition) is 1. The summed E-state index contributed by atoms with van der Waals surface area (Å²) in [6.45, 7) is 2.22. The van der Waals surface area contributed by atoms with Gasteiger partial charge in [-0.25, -0.2) is 9.37 Å². The summed E-state index contributed by atoms with van der Waals surface area (Å²) < 4.78 is 14.3. The second kappa shape index (κ2) is 7.07. The van der Waals surface area contributed by atoms with Gasteiger partial charge in [0, 0.05) is 5.69 Å². The molecule has 0 aliphatic carbocycles. The average molecular weight is 343 g/mol. The minimum Gasteiger partial charge on any atom is -0.325 e. The zero-order valence-corrected chi connectivity index (χ0v) is 14.3. The minimum atomic E-state index is -0.371. The molecule has 0 saturated carbocycles. The van der Waals surface area contributed by atoms with Crippen LogP contribution in [0.3, 0.4) is 0 Å². The number of thiazole rings is 1. The number of amides is 1. The number of nitrogens with one attached hydrogen (secondary N) is 1. The summed E-state index contributed by atoms with van der Waals surface area (Å²) in [5.74, 6) is -0.556. The van der Waals surface area contributed by atoms with Gasteiger partial charge in [0.2, 0.25) is 5.91 Å². The Balaban J connectivity index is 1.65. The van der Waals surface area contributed by atoms with E-state index in [0.29, 0.717) is 5.69 Å². The van der Waals surface area contributed by atoms with Crippen LogP contribution in [0, 0.1) is 5.82 Å². The highest BCUT2D eigenvalue weighted by molar-refractivity contribution is 7.18. The number of fused-ring (bicyclic) bond motifs is 1. The van der Waals surface area contributed by atoms with Crippen LogP contribution in [-0.4, -0.2) is 29.4 Å². The lowest BCUT2D eigenvalue weighted by atomic mass is 10.3. The lowest BCUT2D eigenvalue weighted by Crippen LogP contribution is -2.32. The van der Waals surface area contributed by atoms with Gasteiger partial charge in [0.05, 0.1) is 22.8 Å². The first-order chi connectivity index (χ1) is 11.5. The van der Waals surface area contributed by atoms with Gasteiger partial charge in [-0.2, -0.15) is 0 Å². The van der Waals surface area contributed by atoms with Gasteiger partial charge in [0.1, 0.15) is 10.8 Å². The maximum atomic E-state index is 13.2. The molecule has 0 aliphatic rings. The van der Waals surface area contributed by atoms with Crippen molar-refractivity contribution in [2.45, 2.75) is 13.0 Å². The molecule has 0 radical (unpaired) electrons. The van der Waals surface area contributed by atoms with Gasteiger partial charge in [0.25, 0.3) is 0 Å². The summed E-state index contributed by atoms with van der Waals surface area (Å²) in [6, 6.07) is 13.9. The summed E-state index contributed by atoms with van der Waals surface area (Å²) in [4.78, 5) is 18.7. The second-order valence-electron chi connectivity index (χ2n) is 5.67. The first-order valence-electron chi connectivity index (χ1n) is 7.64. The van der Waals surface area contributed by atoms with Crippen LogP contribution in [-0.2, 0) is 4.79 Å². The quantitative estimate of drug-likeness (QED) is 0.760. The SMILES string of the molecule is CC(c1nc2ccccc2s1)N(C)CC(=O)Nc1cccc(F)c1. The number of hydrogen-bond acceptors (Lipinski definition) is 4. The van der Waals surface area contributed by atoms with E-state index in [0.717, 1.165) is 15.2 Å². The van der Waals surface area contributed by atoms with Crippen molar-refractivity contribution >= 4 is 33.1 Å². The average Bonchev–Trinajstić information content (AvgIpc) is 2.97. The van der Waals surface area contributed by atoms with Crippen LogP contribution < -0.4 is 5.32 Å². The number of benzene rings is 2. The standard InChI is InChI=1S/C18H18FN3OS/c1-12(18-21-15-8-3-4-9-16(15)24-18)22(2)11-17(23)20-14-7-5-6-13(19)10-14/h3-10,12H,11H2,1-2H3,(H,20,23). The number of para-hydroxylation sites is 1. The fourth-order valence-electron chi connectivity index (χ4n) is 2.39. The zero-order chi connectivity index (χ0) is 17.1.